The van der Waals surface area contributed by atoms with Crippen LogP contribution in [0.5, 0.6) is 0 Å². The van der Waals surface area contributed by atoms with Crippen LogP contribution in [0.1, 0.15) is 28.6 Å². The van der Waals surface area contributed by atoms with Crippen LogP contribution in [0.2, 0.25) is 0 Å². The third-order valence-electron chi connectivity index (χ3n) is 4.80. The summed E-state index contributed by atoms with van der Waals surface area (Å²) in [5.74, 6) is 1.15. The summed E-state index contributed by atoms with van der Waals surface area (Å²) in [6, 6.07) is 11.5. The third kappa shape index (κ3) is 3.53. The Kier molecular flexibility index (Phi) is 4.58. The number of nitrogens with zero attached hydrogens (tertiary/aromatic N) is 5. The standard InChI is InChI=1S/C20H21N5O2/c1-24(2)17-7-5-14(6-8-17)18-22-23-19(27-18)16-9-11-25(13-16)20(26)15-4-3-10-21-12-15/h3-8,10,12,16H,9,11,13H2,1-2H3/t16-/m0/s1. The molecule has 1 fully saturated rings. The van der Waals surface area contributed by atoms with Gasteiger partial charge in [0.15, 0.2) is 0 Å². The van der Waals surface area contributed by atoms with Gasteiger partial charge in [-0.05, 0) is 42.8 Å². The van der Waals surface area contributed by atoms with Crippen molar-refractivity contribution in [1.82, 2.24) is 20.1 Å². The van der Waals surface area contributed by atoms with Gasteiger partial charge in [-0.2, -0.15) is 0 Å². The molecule has 0 saturated carbocycles. The van der Waals surface area contributed by atoms with Crippen molar-refractivity contribution in [2.24, 2.45) is 0 Å². The summed E-state index contributed by atoms with van der Waals surface area (Å²) in [6.45, 7) is 1.25. The summed E-state index contributed by atoms with van der Waals surface area (Å²) in [7, 11) is 4.00. The van der Waals surface area contributed by atoms with Crippen LogP contribution in [0.15, 0.2) is 53.2 Å². The number of carbonyl (C=O) groups is 1. The van der Waals surface area contributed by atoms with Crippen molar-refractivity contribution in [3.05, 3.63) is 60.2 Å². The van der Waals surface area contributed by atoms with E-state index in [1.54, 1.807) is 24.5 Å². The molecular formula is C20H21N5O2. The van der Waals surface area contributed by atoms with Gasteiger partial charge in [-0.25, -0.2) is 0 Å². The Morgan fingerprint density at radius 2 is 2.00 bits per heavy atom. The number of hydrogen-bond acceptors (Lipinski definition) is 6. The van der Waals surface area contributed by atoms with Gasteiger partial charge in [0.25, 0.3) is 5.91 Å². The van der Waals surface area contributed by atoms with Gasteiger partial charge < -0.3 is 14.2 Å². The molecule has 27 heavy (non-hydrogen) atoms. The van der Waals surface area contributed by atoms with Crippen molar-refractivity contribution in [3.63, 3.8) is 0 Å². The molecule has 7 nitrogen and oxygen atoms in total. The molecule has 0 bridgehead atoms. The minimum Gasteiger partial charge on any atom is -0.420 e. The molecule has 0 spiro atoms. The van der Waals surface area contributed by atoms with Crippen molar-refractivity contribution < 1.29 is 9.21 Å². The molecule has 0 radical (unpaired) electrons. The largest absolute Gasteiger partial charge is 0.420 e. The van der Waals surface area contributed by atoms with Crippen LogP contribution in [0.4, 0.5) is 5.69 Å². The van der Waals surface area contributed by atoms with Gasteiger partial charge in [0.1, 0.15) is 0 Å². The lowest BCUT2D eigenvalue weighted by Gasteiger charge is -2.15. The lowest BCUT2D eigenvalue weighted by molar-refractivity contribution is 0.0789. The molecule has 2 aromatic heterocycles. The molecule has 1 aliphatic rings. The van der Waals surface area contributed by atoms with E-state index < -0.39 is 0 Å². The second-order valence-electron chi connectivity index (χ2n) is 6.87. The lowest BCUT2D eigenvalue weighted by Crippen LogP contribution is -2.28. The van der Waals surface area contributed by atoms with E-state index in [9.17, 15) is 4.79 Å². The molecule has 1 aliphatic heterocycles. The fourth-order valence-electron chi connectivity index (χ4n) is 3.24. The highest BCUT2D eigenvalue weighted by molar-refractivity contribution is 5.94. The molecule has 3 aromatic rings. The number of likely N-dealkylation sites (tertiary alicyclic amines) is 1. The highest BCUT2D eigenvalue weighted by Gasteiger charge is 2.31. The van der Waals surface area contributed by atoms with Crippen LogP contribution in [0.3, 0.4) is 0 Å². The molecule has 0 aliphatic carbocycles. The zero-order chi connectivity index (χ0) is 18.8. The normalized spacial score (nSPS) is 16.5. The van der Waals surface area contributed by atoms with E-state index in [1.807, 2.05) is 48.2 Å². The van der Waals surface area contributed by atoms with Crippen LogP contribution < -0.4 is 4.90 Å². The zero-order valence-corrected chi connectivity index (χ0v) is 15.4. The molecule has 1 aromatic carbocycles. The average molecular weight is 363 g/mol. The van der Waals surface area contributed by atoms with Gasteiger partial charge >= 0.3 is 0 Å². The Morgan fingerprint density at radius 3 is 2.70 bits per heavy atom. The first-order valence-corrected chi connectivity index (χ1v) is 8.92. The van der Waals surface area contributed by atoms with Crippen molar-refractivity contribution >= 4 is 11.6 Å². The SMILES string of the molecule is CN(C)c1ccc(-c2nnc([C@H]3CCN(C(=O)c4cccnc4)C3)o2)cc1. The maximum absolute atomic E-state index is 12.6. The van der Waals surface area contributed by atoms with Gasteiger partial charge in [0.2, 0.25) is 11.8 Å². The average Bonchev–Trinajstić information content (AvgIpc) is 3.38. The van der Waals surface area contributed by atoms with Crippen LogP contribution in [0.25, 0.3) is 11.5 Å². The summed E-state index contributed by atoms with van der Waals surface area (Å²) in [6.07, 6.45) is 4.07. The van der Waals surface area contributed by atoms with E-state index in [2.05, 4.69) is 15.2 Å². The zero-order valence-electron chi connectivity index (χ0n) is 15.4. The Hall–Kier alpha value is -3.22. The monoisotopic (exact) mass is 363 g/mol. The molecule has 4 rings (SSSR count). The quantitative estimate of drug-likeness (QED) is 0.709. The molecule has 0 N–H and O–H groups in total. The summed E-state index contributed by atoms with van der Waals surface area (Å²) >= 11 is 0. The maximum Gasteiger partial charge on any atom is 0.255 e. The molecule has 1 amide bonds. The van der Waals surface area contributed by atoms with E-state index in [1.165, 1.54) is 0 Å². The molecule has 7 heteroatoms. The smallest absolute Gasteiger partial charge is 0.255 e. The van der Waals surface area contributed by atoms with Gasteiger partial charge in [-0.15, -0.1) is 10.2 Å². The van der Waals surface area contributed by atoms with E-state index >= 15 is 0 Å². The minimum atomic E-state index is -0.00962. The van der Waals surface area contributed by atoms with Gasteiger partial charge in [0, 0.05) is 50.8 Å². The number of amides is 1. The molecule has 1 atom stereocenters. The van der Waals surface area contributed by atoms with Crippen LogP contribution in [-0.4, -0.2) is 53.2 Å². The van der Waals surface area contributed by atoms with Crippen LogP contribution >= 0.6 is 0 Å². The first-order chi connectivity index (χ1) is 13.1. The first-order valence-electron chi connectivity index (χ1n) is 8.92. The van der Waals surface area contributed by atoms with Gasteiger partial charge in [-0.1, -0.05) is 0 Å². The summed E-state index contributed by atoms with van der Waals surface area (Å²) in [5.41, 5.74) is 2.60. The topological polar surface area (TPSA) is 75.4 Å². The summed E-state index contributed by atoms with van der Waals surface area (Å²) < 4.78 is 5.90. The van der Waals surface area contributed by atoms with Crippen molar-refractivity contribution in [1.29, 1.82) is 0 Å². The highest BCUT2D eigenvalue weighted by atomic mass is 16.4. The second kappa shape index (κ2) is 7.19. The predicted octanol–water partition coefficient (Wildman–Crippen LogP) is 2.83. The Balaban J connectivity index is 1.45. The third-order valence-corrected chi connectivity index (χ3v) is 4.80. The minimum absolute atomic E-state index is 0.00962. The first kappa shape index (κ1) is 17.2. The fourth-order valence-corrected chi connectivity index (χ4v) is 3.24. The molecule has 3 heterocycles. The number of pyridine rings is 1. The van der Waals surface area contributed by atoms with Crippen molar-refractivity contribution in [2.75, 3.05) is 32.1 Å². The van der Waals surface area contributed by atoms with Crippen LogP contribution in [0, 0.1) is 0 Å². The van der Waals surface area contributed by atoms with Gasteiger partial charge in [-0.3, -0.25) is 9.78 Å². The van der Waals surface area contributed by atoms with E-state index in [0.717, 1.165) is 17.7 Å². The Morgan fingerprint density at radius 1 is 1.19 bits per heavy atom. The number of rotatable bonds is 4. The molecule has 1 saturated heterocycles. The van der Waals surface area contributed by atoms with E-state index in [0.29, 0.717) is 30.4 Å². The van der Waals surface area contributed by atoms with E-state index in [4.69, 9.17) is 4.42 Å². The highest BCUT2D eigenvalue weighted by Crippen LogP contribution is 2.30. The summed E-state index contributed by atoms with van der Waals surface area (Å²) in [4.78, 5) is 20.4. The number of aromatic nitrogens is 3. The summed E-state index contributed by atoms with van der Waals surface area (Å²) in [5, 5.41) is 8.41. The number of benzene rings is 1. The molecule has 0 unspecified atom stereocenters. The fraction of sp³-hybridized carbons (Fsp3) is 0.300. The van der Waals surface area contributed by atoms with Gasteiger partial charge in [0.05, 0.1) is 11.5 Å². The second-order valence-corrected chi connectivity index (χ2v) is 6.87. The maximum atomic E-state index is 12.6. The predicted molar refractivity (Wildman–Crippen MR) is 102 cm³/mol. The number of carbonyl (C=O) groups excluding carboxylic acids is 1. The van der Waals surface area contributed by atoms with Crippen molar-refractivity contribution in [3.8, 4) is 11.5 Å². The Bertz CT molecular complexity index is 921. The Labute approximate surface area is 157 Å². The molecular weight excluding hydrogens is 342 g/mol. The number of anilines is 1. The van der Waals surface area contributed by atoms with Crippen LogP contribution in [-0.2, 0) is 0 Å². The van der Waals surface area contributed by atoms with E-state index in [-0.39, 0.29) is 11.8 Å². The molecule has 138 valence electrons. The number of hydrogen-bond donors (Lipinski definition) is 0. The lowest BCUT2D eigenvalue weighted by atomic mass is 10.1. The van der Waals surface area contributed by atoms with Crippen molar-refractivity contribution in [2.45, 2.75) is 12.3 Å².